The summed E-state index contributed by atoms with van der Waals surface area (Å²) in [6.45, 7) is 0. The second kappa shape index (κ2) is 11.0. The molecule has 2 aromatic carbocycles. The van der Waals surface area contributed by atoms with Crippen molar-refractivity contribution in [1.29, 1.82) is 0 Å². The molecule has 0 amide bonds. The Kier molecular flexibility index (Phi) is 8.96. The number of anilines is 1. The van der Waals surface area contributed by atoms with Crippen LogP contribution in [0.5, 0.6) is 0 Å². The third kappa shape index (κ3) is 6.34. The highest BCUT2D eigenvalue weighted by Crippen LogP contribution is 2.30. The van der Waals surface area contributed by atoms with E-state index in [1.165, 1.54) is 38.2 Å². The van der Waals surface area contributed by atoms with Crippen LogP contribution in [0, 0.1) is 0 Å². The Morgan fingerprint density at radius 3 is 2.27 bits per heavy atom. The number of nitrogens with zero attached hydrogens (tertiary/aromatic N) is 1. The van der Waals surface area contributed by atoms with Gasteiger partial charge in [-0.05, 0) is 25.0 Å². The van der Waals surface area contributed by atoms with Crippen LogP contribution >= 0.6 is 12.6 Å². The van der Waals surface area contributed by atoms with Gasteiger partial charge >= 0.3 is 5.97 Å². The predicted octanol–water partition coefficient (Wildman–Crippen LogP) is 2.84. The van der Waals surface area contributed by atoms with Crippen LogP contribution < -0.4 is 15.4 Å². The van der Waals surface area contributed by atoms with Crippen molar-refractivity contribution >= 4 is 45.1 Å². The molecule has 3 rings (SSSR count). The smallest absolute Gasteiger partial charge is 0.322 e. The fourth-order valence-electron chi connectivity index (χ4n) is 3.44. The number of carbonyl (C=O) groups is 1. The number of hydrogen-bond acceptors (Lipinski definition) is 6. The van der Waals surface area contributed by atoms with Crippen molar-refractivity contribution in [2.45, 2.75) is 49.1 Å². The minimum absolute atomic E-state index is 0.0479. The van der Waals surface area contributed by atoms with Crippen LogP contribution in [0.3, 0.4) is 0 Å². The molecule has 0 heterocycles. The van der Waals surface area contributed by atoms with E-state index in [1.54, 1.807) is 18.2 Å². The zero-order valence-electron chi connectivity index (χ0n) is 17.4. The second-order valence-electron chi connectivity index (χ2n) is 7.62. The Labute approximate surface area is 184 Å². The zero-order chi connectivity index (χ0) is 22.3. The summed E-state index contributed by atoms with van der Waals surface area (Å²) in [4.78, 5) is 13.0. The Bertz CT molecular complexity index is 958. The number of nitrogens with one attached hydrogen (secondary N) is 1. The zero-order valence-corrected chi connectivity index (χ0v) is 19.1. The molecule has 1 fully saturated rings. The van der Waals surface area contributed by atoms with Crippen LogP contribution in [0.4, 0.5) is 5.69 Å². The number of carboxylic acids is 1. The number of aliphatic carboxylic acids is 1. The van der Waals surface area contributed by atoms with Gasteiger partial charge in [-0.1, -0.05) is 43.5 Å². The van der Waals surface area contributed by atoms with Gasteiger partial charge in [0.1, 0.15) is 6.04 Å². The monoisotopic (exact) mass is 453 g/mol. The number of rotatable bonds is 6. The number of nitrogens with two attached hydrogens (primary N) is 1. The van der Waals surface area contributed by atoms with Crippen LogP contribution in [-0.2, 0) is 14.8 Å². The maximum atomic E-state index is 12.6. The number of benzene rings is 2. The molecule has 1 aliphatic carbocycles. The summed E-state index contributed by atoms with van der Waals surface area (Å²) >= 11 is 3.88. The molecule has 0 aliphatic heterocycles. The Hall–Kier alpha value is -1.81. The first-order valence-corrected chi connectivity index (χ1v) is 12.1. The van der Waals surface area contributed by atoms with Crippen molar-refractivity contribution in [3.8, 4) is 0 Å². The second-order valence-corrected chi connectivity index (χ2v) is 9.66. The highest BCUT2D eigenvalue weighted by atomic mass is 32.2. The summed E-state index contributed by atoms with van der Waals surface area (Å²) in [5, 5.41) is 10.3. The highest BCUT2D eigenvalue weighted by Gasteiger charge is 2.25. The van der Waals surface area contributed by atoms with E-state index in [0.29, 0.717) is 11.4 Å². The van der Waals surface area contributed by atoms with Crippen LogP contribution in [0.15, 0.2) is 41.3 Å². The van der Waals surface area contributed by atoms with Gasteiger partial charge in [0, 0.05) is 42.3 Å². The van der Waals surface area contributed by atoms with Gasteiger partial charge in [-0.3, -0.25) is 4.79 Å². The van der Waals surface area contributed by atoms with E-state index in [9.17, 15) is 13.2 Å². The van der Waals surface area contributed by atoms with E-state index in [4.69, 9.17) is 10.8 Å². The number of carboxylic acid groups (broad SMARTS) is 1. The standard InChI is InChI=1S/C15H18N2O4S2.C6H13N/c1-17(2)13-7-3-6-11-10(13)5-4-8-14(11)23(20,21)16-12(9-22)15(18)19;7-6-4-2-1-3-5-6/h3-8,12,16,22H,9H2,1-2H3,(H,18,19);6H,1-5,7H2. The fourth-order valence-corrected chi connectivity index (χ4v) is 5.22. The summed E-state index contributed by atoms with van der Waals surface area (Å²) in [6.07, 6.45) is 6.66. The summed E-state index contributed by atoms with van der Waals surface area (Å²) in [5.41, 5.74) is 6.51. The van der Waals surface area contributed by atoms with Crippen LogP contribution in [-0.4, -0.2) is 51.4 Å². The van der Waals surface area contributed by atoms with Crippen molar-refractivity contribution in [1.82, 2.24) is 4.72 Å². The molecule has 1 saturated carbocycles. The molecular weight excluding hydrogens is 422 g/mol. The lowest BCUT2D eigenvalue weighted by molar-refractivity contribution is -0.138. The van der Waals surface area contributed by atoms with Gasteiger partial charge in [-0.15, -0.1) is 0 Å². The molecule has 0 bridgehead atoms. The van der Waals surface area contributed by atoms with Crippen LogP contribution in [0.2, 0.25) is 0 Å². The molecule has 1 atom stereocenters. The van der Waals surface area contributed by atoms with Gasteiger partial charge in [0.15, 0.2) is 0 Å². The van der Waals surface area contributed by atoms with Gasteiger partial charge in [0.05, 0.1) is 4.90 Å². The molecule has 30 heavy (non-hydrogen) atoms. The van der Waals surface area contributed by atoms with Crippen molar-refractivity contribution < 1.29 is 18.3 Å². The third-order valence-corrected chi connectivity index (χ3v) is 6.95. The van der Waals surface area contributed by atoms with Crippen molar-refractivity contribution in [2.75, 3.05) is 24.7 Å². The van der Waals surface area contributed by atoms with Gasteiger partial charge in [-0.25, -0.2) is 8.42 Å². The molecule has 4 N–H and O–H groups in total. The maximum absolute atomic E-state index is 12.6. The summed E-state index contributed by atoms with van der Waals surface area (Å²) in [7, 11) is -0.243. The summed E-state index contributed by atoms with van der Waals surface area (Å²) in [5.74, 6) is -1.40. The normalized spacial score (nSPS) is 15.9. The van der Waals surface area contributed by atoms with E-state index in [2.05, 4.69) is 17.4 Å². The molecule has 166 valence electrons. The molecule has 7 nitrogen and oxygen atoms in total. The summed E-state index contributed by atoms with van der Waals surface area (Å²) < 4.78 is 27.3. The first kappa shape index (κ1) is 24.5. The predicted molar refractivity (Wildman–Crippen MR) is 125 cm³/mol. The van der Waals surface area contributed by atoms with Gasteiger partial charge < -0.3 is 15.7 Å². The lowest BCUT2D eigenvalue weighted by Gasteiger charge is -2.18. The summed E-state index contributed by atoms with van der Waals surface area (Å²) in [6, 6.07) is 9.54. The van der Waals surface area contributed by atoms with E-state index >= 15 is 0 Å². The molecule has 9 heteroatoms. The molecular formula is C21H31N3O4S2. The number of fused-ring (bicyclic) bond motifs is 1. The van der Waals surface area contributed by atoms with Crippen LogP contribution in [0.1, 0.15) is 32.1 Å². The Balaban J connectivity index is 0.000000386. The quantitative estimate of drug-likeness (QED) is 0.500. The maximum Gasteiger partial charge on any atom is 0.322 e. The number of thiol groups is 1. The third-order valence-electron chi connectivity index (χ3n) is 5.06. The van der Waals surface area contributed by atoms with Crippen molar-refractivity contribution in [3.05, 3.63) is 36.4 Å². The van der Waals surface area contributed by atoms with Crippen LogP contribution in [0.25, 0.3) is 10.8 Å². The average molecular weight is 454 g/mol. The van der Waals surface area contributed by atoms with E-state index in [0.717, 1.165) is 11.1 Å². The Morgan fingerprint density at radius 2 is 1.77 bits per heavy atom. The van der Waals surface area contributed by atoms with Gasteiger partial charge in [0.2, 0.25) is 10.0 Å². The minimum Gasteiger partial charge on any atom is -0.480 e. The number of hydrogen-bond donors (Lipinski definition) is 4. The van der Waals surface area contributed by atoms with Gasteiger partial charge in [0.25, 0.3) is 0 Å². The lowest BCUT2D eigenvalue weighted by atomic mass is 9.97. The SMILES string of the molecule is CN(C)c1cccc2c(S(=O)(=O)NC(CS)C(=O)O)cccc12.NC1CCCCC1. The van der Waals surface area contributed by atoms with E-state index in [1.807, 2.05) is 31.1 Å². The average Bonchev–Trinajstić information content (AvgIpc) is 2.71. The highest BCUT2D eigenvalue weighted by molar-refractivity contribution is 7.89. The number of sulfonamides is 1. The molecule has 0 saturated heterocycles. The molecule has 0 radical (unpaired) electrons. The molecule has 2 aromatic rings. The first-order chi connectivity index (χ1) is 14.2. The van der Waals surface area contributed by atoms with Crippen molar-refractivity contribution in [2.24, 2.45) is 5.73 Å². The molecule has 1 aliphatic rings. The Morgan fingerprint density at radius 1 is 1.17 bits per heavy atom. The minimum atomic E-state index is -3.98. The first-order valence-electron chi connectivity index (χ1n) is 9.98. The lowest BCUT2D eigenvalue weighted by Crippen LogP contribution is -2.42. The van der Waals surface area contributed by atoms with Crippen molar-refractivity contribution in [3.63, 3.8) is 0 Å². The van der Waals surface area contributed by atoms with E-state index in [-0.39, 0.29) is 10.6 Å². The largest absolute Gasteiger partial charge is 0.480 e. The topological polar surface area (TPSA) is 113 Å². The molecule has 1 unspecified atom stereocenters. The fraction of sp³-hybridized carbons (Fsp3) is 0.476. The molecule has 0 aromatic heterocycles. The van der Waals surface area contributed by atoms with E-state index < -0.39 is 22.0 Å². The molecule has 0 spiro atoms. The van der Waals surface area contributed by atoms with Gasteiger partial charge in [-0.2, -0.15) is 17.4 Å².